The Morgan fingerprint density at radius 1 is 1.00 bits per heavy atom. The molecular weight excluding hydrogens is 428 g/mol. The molecule has 3 aromatic carbocycles. The fourth-order valence-electron chi connectivity index (χ4n) is 3.56. The molecule has 0 aliphatic heterocycles. The highest BCUT2D eigenvalue weighted by atomic mass is 32.2. The first-order chi connectivity index (χ1) is 16.2. The van der Waals surface area contributed by atoms with Crippen LogP contribution in [0.4, 0.5) is 0 Å². The fourth-order valence-corrected chi connectivity index (χ4v) is 4.58. The van der Waals surface area contributed by atoms with Crippen LogP contribution in [0.1, 0.15) is 28.0 Å². The van der Waals surface area contributed by atoms with Crippen LogP contribution in [0.25, 0.3) is 11.3 Å². The van der Waals surface area contributed by atoms with E-state index in [1.807, 2.05) is 79.8 Å². The molecule has 0 saturated heterocycles. The number of carbonyl (C=O) groups is 1. The summed E-state index contributed by atoms with van der Waals surface area (Å²) in [5, 5.41) is 16.9. The van der Waals surface area contributed by atoms with E-state index >= 15 is 0 Å². The molecule has 5 nitrogen and oxygen atoms in total. The van der Waals surface area contributed by atoms with Crippen LogP contribution in [-0.4, -0.2) is 34.6 Å². The van der Waals surface area contributed by atoms with Crippen molar-refractivity contribution < 1.29 is 4.79 Å². The van der Waals surface area contributed by atoms with Crippen LogP contribution >= 0.6 is 11.8 Å². The lowest BCUT2D eigenvalue weighted by Crippen LogP contribution is -2.28. The number of aryl methyl sites for hydroxylation is 1. The van der Waals surface area contributed by atoms with Crippen LogP contribution in [0.15, 0.2) is 94.7 Å². The summed E-state index contributed by atoms with van der Waals surface area (Å²) in [6, 6.07) is 29.3. The van der Waals surface area contributed by atoms with Gasteiger partial charge < -0.3 is 4.90 Å². The second kappa shape index (κ2) is 10.7. The highest BCUT2D eigenvalue weighted by Crippen LogP contribution is 2.33. The number of aromatic nitrogens is 2. The third-order valence-corrected chi connectivity index (χ3v) is 6.48. The SMILES string of the molecule is CN(CCCc1cc(-c2ccccc2)n[nH]1)C(=O)c1ccccc1Sc1ccccc1C#N. The van der Waals surface area contributed by atoms with Gasteiger partial charge in [0.15, 0.2) is 0 Å². The standard InChI is InChI=1S/C27H24N4OS/c1-31(17-9-13-22-18-24(30-29-22)20-10-3-2-4-11-20)27(32)23-14-6-8-16-26(23)33-25-15-7-5-12-21(25)19-28/h2-8,10-12,14-16,18H,9,13,17H2,1H3,(H,29,30). The second-order valence-electron chi connectivity index (χ2n) is 7.68. The molecule has 0 atom stereocenters. The van der Waals surface area contributed by atoms with E-state index in [9.17, 15) is 10.1 Å². The normalized spacial score (nSPS) is 10.5. The Balaban J connectivity index is 1.38. The summed E-state index contributed by atoms with van der Waals surface area (Å²) in [5.74, 6) is -0.0258. The highest BCUT2D eigenvalue weighted by molar-refractivity contribution is 7.99. The van der Waals surface area contributed by atoms with Gasteiger partial charge in [-0.25, -0.2) is 0 Å². The molecule has 6 heteroatoms. The number of aromatic amines is 1. The molecule has 0 fully saturated rings. The predicted octanol–water partition coefficient (Wildman–Crippen LogP) is 5.80. The van der Waals surface area contributed by atoms with Crippen molar-refractivity contribution in [3.63, 3.8) is 0 Å². The Kier molecular flexibility index (Phi) is 7.23. The van der Waals surface area contributed by atoms with E-state index in [2.05, 4.69) is 22.3 Å². The number of nitrogens with one attached hydrogen (secondary N) is 1. The topological polar surface area (TPSA) is 72.8 Å². The number of H-pyrrole nitrogens is 1. The summed E-state index contributed by atoms with van der Waals surface area (Å²) < 4.78 is 0. The van der Waals surface area contributed by atoms with E-state index in [1.54, 1.807) is 11.0 Å². The van der Waals surface area contributed by atoms with Gasteiger partial charge in [0.2, 0.25) is 0 Å². The number of hydrogen-bond donors (Lipinski definition) is 1. The molecule has 4 rings (SSSR count). The Bertz CT molecular complexity index is 1280. The van der Waals surface area contributed by atoms with Crippen molar-refractivity contribution in [2.45, 2.75) is 22.6 Å². The largest absolute Gasteiger partial charge is 0.342 e. The summed E-state index contributed by atoms with van der Waals surface area (Å²) >= 11 is 1.45. The van der Waals surface area contributed by atoms with Crippen LogP contribution in [0.3, 0.4) is 0 Å². The minimum Gasteiger partial charge on any atom is -0.342 e. The van der Waals surface area contributed by atoms with Crippen LogP contribution < -0.4 is 0 Å². The van der Waals surface area contributed by atoms with E-state index in [0.717, 1.165) is 39.6 Å². The predicted molar refractivity (Wildman–Crippen MR) is 131 cm³/mol. The maximum Gasteiger partial charge on any atom is 0.254 e. The number of benzene rings is 3. The molecule has 1 amide bonds. The van der Waals surface area contributed by atoms with Gasteiger partial charge in [0.25, 0.3) is 5.91 Å². The van der Waals surface area contributed by atoms with Crippen molar-refractivity contribution >= 4 is 17.7 Å². The second-order valence-corrected chi connectivity index (χ2v) is 8.76. The maximum atomic E-state index is 13.2. The molecule has 164 valence electrons. The Morgan fingerprint density at radius 2 is 1.70 bits per heavy atom. The summed E-state index contributed by atoms with van der Waals surface area (Å²) in [6.45, 7) is 0.631. The zero-order valence-electron chi connectivity index (χ0n) is 18.4. The molecule has 0 spiro atoms. The zero-order valence-corrected chi connectivity index (χ0v) is 19.2. The zero-order chi connectivity index (χ0) is 23.0. The molecule has 0 aliphatic carbocycles. The van der Waals surface area contributed by atoms with Gasteiger partial charge in [-0.05, 0) is 43.2 Å². The van der Waals surface area contributed by atoms with Gasteiger partial charge in [0, 0.05) is 34.6 Å². The van der Waals surface area contributed by atoms with Crippen molar-refractivity contribution in [1.29, 1.82) is 5.26 Å². The number of nitriles is 1. The first-order valence-corrected chi connectivity index (χ1v) is 11.6. The first kappa shape index (κ1) is 22.4. The molecule has 0 saturated carbocycles. The highest BCUT2D eigenvalue weighted by Gasteiger charge is 2.17. The van der Waals surface area contributed by atoms with Crippen LogP contribution in [0.2, 0.25) is 0 Å². The van der Waals surface area contributed by atoms with Gasteiger partial charge in [-0.1, -0.05) is 66.4 Å². The summed E-state index contributed by atoms with van der Waals surface area (Å²) in [7, 11) is 1.83. The molecule has 0 radical (unpaired) electrons. The smallest absolute Gasteiger partial charge is 0.254 e. The van der Waals surface area contributed by atoms with Gasteiger partial charge in [0.05, 0.1) is 16.8 Å². The molecule has 1 aromatic heterocycles. The number of rotatable bonds is 8. The Morgan fingerprint density at radius 3 is 2.48 bits per heavy atom. The van der Waals surface area contributed by atoms with Crippen molar-refractivity contribution in [2.75, 3.05) is 13.6 Å². The third-order valence-electron chi connectivity index (χ3n) is 5.33. The lowest BCUT2D eigenvalue weighted by atomic mass is 10.1. The summed E-state index contributed by atoms with van der Waals surface area (Å²) in [5.41, 5.74) is 4.31. The molecule has 0 aliphatic rings. The quantitative estimate of drug-likeness (QED) is 0.366. The lowest BCUT2D eigenvalue weighted by Gasteiger charge is -2.19. The monoisotopic (exact) mass is 452 g/mol. The van der Waals surface area contributed by atoms with Crippen LogP contribution in [-0.2, 0) is 6.42 Å². The van der Waals surface area contributed by atoms with Gasteiger partial charge in [-0.2, -0.15) is 10.4 Å². The molecule has 1 N–H and O–H groups in total. The minimum absolute atomic E-state index is 0.0258. The summed E-state index contributed by atoms with van der Waals surface area (Å²) in [4.78, 5) is 16.6. The van der Waals surface area contributed by atoms with E-state index in [1.165, 1.54) is 11.8 Å². The Labute approximate surface area is 198 Å². The minimum atomic E-state index is -0.0258. The molecule has 0 unspecified atom stereocenters. The van der Waals surface area contributed by atoms with E-state index < -0.39 is 0 Å². The number of carbonyl (C=O) groups excluding carboxylic acids is 1. The van der Waals surface area contributed by atoms with Crippen LogP contribution in [0, 0.1) is 11.3 Å². The average Bonchev–Trinajstić information content (AvgIpc) is 3.34. The van der Waals surface area contributed by atoms with E-state index in [-0.39, 0.29) is 5.91 Å². The molecular formula is C27H24N4OS. The number of amides is 1. The number of hydrogen-bond acceptors (Lipinski definition) is 4. The lowest BCUT2D eigenvalue weighted by molar-refractivity contribution is 0.0790. The maximum absolute atomic E-state index is 13.2. The van der Waals surface area contributed by atoms with Crippen molar-refractivity contribution in [2.24, 2.45) is 0 Å². The van der Waals surface area contributed by atoms with Crippen molar-refractivity contribution in [3.8, 4) is 17.3 Å². The van der Waals surface area contributed by atoms with Gasteiger partial charge in [-0.3, -0.25) is 9.89 Å². The van der Waals surface area contributed by atoms with Gasteiger partial charge in [-0.15, -0.1) is 0 Å². The van der Waals surface area contributed by atoms with Gasteiger partial charge in [0.1, 0.15) is 6.07 Å². The molecule has 0 bridgehead atoms. The average molecular weight is 453 g/mol. The molecule has 33 heavy (non-hydrogen) atoms. The molecule has 1 heterocycles. The molecule has 4 aromatic rings. The summed E-state index contributed by atoms with van der Waals surface area (Å²) in [6.07, 6.45) is 1.63. The van der Waals surface area contributed by atoms with E-state index in [0.29, 0.717) is 17.7 Å². The van der Waals surface area contributed by atoms with Gasteiger partial charge >= 0.3 is 0 Å². The third kappa shape index (κ3) is 5.51. The van der Waals surface area contributed by atoms with Crippen LogP contribution in [0.5, 0.6) is 0 Å². The van der Waals surface area contributed by atoms with E-state index in [4.69, 9.17) is 0 Å². The van der Waals surface area contributed by atoms with Crippen molar-refractivity contribution in [3.05, 3.63) is 102 Å². The number of nitrogens with zero attached hydrogens (tertiary/aromatic N) is 3. The van der Waals surface area contributed by atoms with Crippen molar-refractivity contribution in [1.82, 2.24) is 15.1 Å². The Hall–Kier alpha value is -3.82. The fraction of sp³-hybridized carbons (Fsp3) is 0.148. The first-order valence-electron chi connectivity index (χ1n) is 10.8.